The Balaban J connectivity index is 0.000000154. The van der Waals surface area contributed by atoms with Gasteiger partial charge >= 0.3 is 0 Å². The summed E-state index contributed by atoms with van der Waals surface area (Å²) in [5, 5.41) is 16.1. The first-order chi connectivity index (χ1) is 29.2. The summed E-state index contributed by atoms with van der Waals surface area (Å²) < 4.78 is 31.0. The van der Waals surface area contributed by atoms with Gasteiger partial charge in [-0.25, -0.2) is 38.7 Å². The van der Waals surface area contributed by atoms with Gasteiger partial charge in [0.25, 0.3) is 0 Å². The van der Waals surface area contributed by atoms with Crippen LogP contribution < -0.4 is 10.6 Å². The first kappa shape index (κ1) is 38.5. The van der Waals surface area contributed by atoms with Crippen molar-refractivity contribution in [2.75, 3.05) is 10.6 Å². The quantitative estimate of drug-likeness (QED) is 0.171. The molecule has 8 heterocycles. The second-order valence-corrected chi connectivity index (χ2v) is 15.7. The standard InChI is InChI=1S/2C21H21FN8/c2*1-12(2)17-10-26-30-20(17)28-19(14-5-15(22)9-23-8-14)29-21(30)27-16-3-4-18-13(6-16)7-24-11-25-18/h2*5,7-12,16H,3-4,6H2,1-2H3,(H,27,28,29)/t2*16-/m10/s1. The summed E-state index contributed by atoms with van der Waals surface area (Å²) >= 11 is 0. The lowest BCUT2D eigenvalue weighted by Gasteiger charge is -2.25. The van der Waals surface area contributed by atoms with Crippen molar-refractivity contribution in [1.29, 1.82) is 0 Å². The Morgan fingerprint density at radius 2 is 1.02 bits per heavy atom. The van der Waals surface area contributed by atoms with Gasteiger partial charge in [0.05, 0.1) is 24.8 Å². The maximum atomic E-state index is 13.8. The number of fused-ring (bicyclic) bond motifs is 4. The van der Waals surface area contributed by atoms with Crippen LogP contribution in [0.25, 0.3) is 34.1 Å². The molecule has 0 radical (unpaired) electrons. The van der Waals surface area contributed by atoms with Gasteiger partial charge in [0.1, 0.15) is 24.3 Å². The summed E-state index contributed by atoms with van der Waals surface area (Å²) in [6.07, 6.45) is 21.2. The van der Waals surface area contributed by atoms with Crippen LogP contribution in [0, 0.1) is 11.6 Å². The topological polar surface area (TPSA) is 188 Å². The Labute approximate surface area is 343 Å². The number of aryl methyl sites for hydroxylation is 2. The largest absolute Gasteiger partial charge is 0.351 e. The molecule has 0 bridgehead atoms. The van der Waals surface area contributed by atoms with Gasteiger partial charge in [0.15, 0.2) is 22.9 Å². The van der Waals surface area contributed by atoms with Crippen molar-refractivity contribution < 1.29 is 8.78 Å². The summed E-state index contributed by atoms with van der Waals surface area (Å²) in [7, 11) is 0. The smallest absolute Gasteiger partial charge is 0.228 e. The van der Waals surface area contributed by atoms with E-state index < -0.39 is 11.6 Å². The number of pyridine rings is 2. The average Bonchev–Trinajstić information content (AvgIpc) is 3.90. The van der Waals surface area contributed by atoms with Gasteiger partial charge in [0.2, 0.25) is 11.9 Å². The number of hydrogen-bond acceptors (Lipinski definition) is 14. The molecule has 8 aromatic rings. The SMILES string of the molecule is CC(C)c1cnn2c(N[C@@H]3CCc4ncncc4C3)nc(-c3cncc(F)c3)nc12.CC(C)c1cnn2c(N[C@H]3CCc4ncncc4C3)nc(-c3cncc(F)c3)nc12. The first-order valence-corrected chi connectivity index (χ1v) is 20.0. The minimum atomic E-state index is -0.424. The average molecular weight is 809 g/mol. The molecule has 2 aliphatic carbocycles. The fourth-order valence-electron chi connectivity index (χ4n) is 7.64. The Bertz CT molecular complexity index is 2630. The fraction of sp³-hybridized carbons (Fsp3) is 0.333. The molecule has 0 aliphatic heterocycles. The van der Waals surface area contributed by atoms with E-state index in [-0.39, 0.29) is 23.9 Å². The first-order valence-electron chi connectivity index (χ1n) is 20.0. The molecule has 2 aliphatic rings. The molecule has 2 N–H and O–H groups in total. The molecular formula is C42H42F2N16. The highest BCUT2D eigenvalue weighted by atomic mass is 19.1. The monoisotopic (exact) mass is 808 g/mol. The molecule has 0 saturated carbocycles. The van der Waals surface area contributed by atoms with Crippen molar-refractivity contribution in [2.45, 2.75) is 90.1 Å². The highest BCUT2D eigenvalue weighted by molar-refractivity contribution is 5.63. The van der Waals surface area contributed by atoms with E-state index in [1.807, 2.05) is 24.8 Å². The van der Waals surface area contributed by atoms with Crippen molar-refractivity contribution in [3.8, 4) is 22.8 Å². The maximum Gasteiger partial charge on any atom is 0.228 e. The van der Waals surface area contributed by atoms with Crippen LogP contribution in [0.15, 0.2) is 74.4 Å². The van der Waals surface area contributed by atoms with Crippen LogP contribution in [0.2, 0.25) is 0 Å². The third-order valence-corrected chi connectivity index (χ3v) is 10.8. The van der Waals surface area contributed by atoms with Crippen LogP contribution >= 0.6 is 0 Å². The van der Waals surface area contributed by atoms with Crippen molar-refractivity contribution in [2.24, 2.45) is 0 Å². The molecule has 8 aromatic heterocycles. The second kappa shape index (κ2) is 16.3. The highest BCUT2D eigenvalue weighted by Gasteiger charge is 2.25. The zero-order chi connectivity index (χ0) is 41.3. The number of nitrogens with zero attached hydrogens (tertiary/aromatic N) is 14. The van der Waals surface area contributed by atoms with Crippen LogP contribution in [0.4, 0.5) is 20.7 Å². The molecule has 0 amide bonds. The van der Waals surface area contributed by atoms with Gasteiger partial charge in [-0.1, -0.05) is 27.7 Å². The maximum absolute atomic E-state index is 13.8. The van der Waals surface area contributed by atoms with Crippen LogP contribution in [0.3, 0.4) is 0 Å². The Hall–Kier alpha value is -6.98. The number of nitrogens with one attached hydrogen (secondary N) is 2. The minimum Gasteiger partial charge on any atom is -0.351 e. The Kier molecular flexibility index (Phi) is 10.5. The van der Waals surface area contributed by atoms with Crippen LogP contribution in [-0.4, -0.2) is 81.2 Å². The van der Waals surface area contributed by atoms with Crippen LogP contribution in [0.1, 0.15) is 86.0 Å². The van der Waals surface area contributed by atoms with E-state index in [0.29, 0.717) is 46.0 Å². The second-order valence-electron chi connectivity index (χ2n) is 15.7. The van der Waals surface area contributed by atoms with E-state index in [0.717, 1.165) is 72.2 Å². The summed E-state index contributed by atoms with van der Waals surface area (Å²) in [5.74, 6) is 1.62. The molecule has 0 saturated heterocycles. The normalized spacial score (nSPS) is 16.1. The summed E-state index contributed by atoms with van der Waals surface area (Å²) in [6.45, 7) is 8.36. The summed E-state index contributed by atoms with van der Waals surface area (Å²) in [6, 6.07) is 3.10. The van der Waals surface area contributed by atoms with E-state index in [9.17, 15) is 8.78 Å². The molecule has 60 heavy (non-hydrogen) atoms. The zero-order valence-electron chi connectivity index (χ0n) is 33.5. The molecule has 16 nitrogen and oxygen atoms in total. The molecule has 0 spiro atoms. The lowest BCUT2D eigenvalue weighted by Crippen LogP contribution is -2.29. The van der Waals surface area contributed by atoms with Crippen LogP contribution in [-0.2, 0) is 25.7 Å². The van der Waals surface area contributed by atoms with Gasteiger partial charge in [-0.15, -0.1) is 0 Å². The molecule has 304 valence electrons. The zero-order valence-corrected chi connectivity index (χ0v) is 33.5. The fourth-order valence-corrected chi connectivity index (χ4v) is 7.64. The van der Waals surface area contributed by atoms with E-state index in [4.69, 9.17) is 0 Å². The molecule has 0 fully saturated rings. The van der Waals surface area contributed by atoms with Crippen molar-refractivity contribution >= 4 is 23.2 Å². The minimum absolute atomic E-state index is 0.159. The van der Waals surface area contributed by atoms with Gasteiger partial charge in [-0.2, -0.15) is 29.2 Å². The number of hydrogen-bond donors (Lipinski definition) is 2. The molecular weight excluding hydrogens is 767 g/mol. The van der Waals surface area contributed by atoms with Gasteiger partial charge in [0, 0.05) is 70.5 Å². The number of rotatable bonds is 8. The predicted octanol–water partition coefficient (Wildman–Crippen LogP) is 6.42. The Morgan fingerprint density at radius 3 is 1.43 bits per heavy atom. The van der Waals surface area contributed by atoms with Crippen molar-refractivity contribution in [1.82, 2.24) is 69.1 Å². The predicted molar refractivity (Wildman–Crippen MR) is 219 cm³/mol. The lowest BCUT2D eigenvalue weighted by atomic mass is 9.93. The van der Waals surface area contributed by atoms with Gasteiger partial charge in [-0.05, 0) is 73.6 Å². The molecule has 0 aromatic carbocycles. The van der Waals surface area contributed by atoms with E-state index in [1.54, 1.807) is 34.1 Å². The third-order valence-electron chi connectivity index (χ3n) is 10.8. The van der Waals surface area contributed by atoms with E-state index >= 15 is 0 Å². The van der Waals surface area contributed by atoms with Gasteiger partial charge in [-0.3, -0.25) is 9.97 Å². The number of halogens is 2. The van der Waals surface area contributed by atoms with E-state index in [1.165, 1.54) is 24.5 Å². The number of aromatic nitrogens is 14. The van der Waals surface area contributed by atoms with Crippen LogP contribution in [0.5, 0.6) is 0 Å². The summed E-state index contributed by atoms with van der Waals surface area (Å²) in [5.41, 5.74) is 8.98. The number of anilines is 2. The van der Waals surface area contributed by atoms with Crippen molar-refractivity contribution in [3.05, 3.63) is 120 Å². The highest BCUT2D eigenvalue weighted by Crippen LogP contribution is 2.29. The van der Waals surface area contributed by atoms with Gasteiger partial charge < -0.3 is 10.6 Å². The molecule has 10 rings (SSSR count). The molecule has 18 heteroatoms. The van der Waals surface area contributed by atoms with E-state index in [2.05, 4.69) is 98.4 Å². The lowest BCUT2D eigenvalue weighted by molar-refractivity contribution is 0.588. The molecule has 0 unspecified atom stereocenters. The Morgan fingerprint density at radius 1 is 0.567 bits per heavy atom. The summed E-state index contributed by atoms with van der Waals surface area (Å²) in [4.78, 5) is 43.6. The molecule has 2 atom stereocenters. The third kappa shape index (κ3) is 7.91. The van der Waals surface area contributed by atoms with Crippen molar-refractivity contribution in [3.63, 3.8) is 0 Å².